The summed E-state index contributed by atoms with van der Waals surface area (Å²) in [5, 5.41) is 0. The summed E-state index contributed by atoms with van der Waals surface area (Å²) in [5.41, 5.74) is 1.52. The van der Waals surface area contributed by atoms with E-state index < -0.39 is 29.4 Å². The molecular weight excluding hydrogens is 514 g/mol. The van der Waals surface area contributed by atoms with Crippen LogP contribution in [0, 0.1) is 5.41 Å². The normalized spacial score (nSPS) is 21.4. The lowest BCUT2D eigenvalue weighted by Gasteiger charge is -2.37. The molecule has 3 aliphatic rings. The monoisotopic (exact) mass is 539 g/mol. The van der Waals surface area contributed by atoms with Gasteiger partial charge in [-0.1, -0.05) is 109 Å². The quantitative estimate of drug-likeness (QED) is 0.138. The lowest BCUT2D eigenvalue weighted by atomic mass is 9.64. The summed E-state index contributed by atoms with van der Waals surface area (Å²) in [6.45, 7) is 1.32. The molecule has 41 heavy (non-hydrogen) atoms. The summed E-state index contributed by atoms with van der Waals surface area (Å²) in [5.74, 6) is -1.89. The SMILES string of the molecule is CC(=O)Oc1cccc2c1N1[C@@H](C=C2)C2(C(=O)c3ccccc3C2=O)[C@@H](c2ccccc2)[C@@H]1C(=O)c1ccccc1. The second-order valence-electron chi connectivity index (χ2n) is 10.6. The fourth-order valence-corrected chi connectivity index (χ4v) is 7.03. The number of hydrogen-bond donors (Lipinski definition) is 0. The van der Waals surface area contributed by atoms with Crippen LogP contribution in [0.25, 0.3) is 6.08 Å². The topological polar surface area (TPSA) is 80.8 Å². The number of carbonyl (C=O) groups is 4. The van der Waals surface area contributed by atoms with Crippen molar-refractivity contribution in [3.63, 3.8) is 0 Å². The number of ketones is 3. The number of para-hydroxylation sites is 1. The van der Waals surface area contributed by atoms with Gasteiger partial charge >= 0.3 is 5.97 Å². The molecule has 2 heterocycles. The number of esters is 1. The van der Waals surface area contributed by atoms with Crippen molar-refractivity contribution in [1.29, 1.82) is 0 Å². The Morgan fingerprint density at radius 1 is 0.756 bits per heavy atom. The zero-order chi connectivity index (χ0) is 28.3. The first kappa shape index (κ1) is 24.9. The van der Waals surface area contributed by atoms with Gasteiger partial charge in [-0.05, 0) is 11.6 Å². The number of carbonyl (C=O) groups excluding carboxylic acids is 4. The fourth-order valence-electron chi connectivity index (χ4n) is 7.03. The van der Waals surface area contributed by atoms with Crippen LogP contribution >= 0.6 is 0 Å². The predicted octanol–water partition coefficient (Wildman–Crippen LogP) is 5.93. The predicted molar refractivity (Wildman–Crippen MR) is 154 cm³/mol. The molecule has 0 bridgehead atoms. The van der Waals surface area contributed by atoms with Crippen LogP contribution in [0.4, 0.5) is 5.69 Å². The average Bonchev–Trinajstić information content (AvgIpc) is 3.43. The van der Waals surface area contributed by atoms with Gasteiger partial charge in [0.1, 0.15) is 11.5 Å². The zero-order valence-electron chi connectivity index (χ0n) is 22.2. The zero-order valence-corrected chi connectivity index (χ0v) is 22.2. The lowest BCUT2D eigenvalue weighted by Crippen LogP contribution is -2.48. The second kappa shape index (κ2) is 9.24. The minimum atomic E-state index is -1.61. The molecule has 1 saturated heterocycles. The molecule has 3 atom stereocenters. The van der Waals surface area contributed by atoms with Gasteiger partial charge in [0.2, 0.25) is 0 Å². The summed E-state index contributed by atoms with van der Waals surface area (Å²) < 4.78 is 5.67. The van der Waals surface area contributed by atoms with Crippen molar-refractivity contribution in [2.24, 2.45) is 5.41 Å². The van der Waals surface area contributed by atoms with Gasteiger partial charge < -0.3 is 9.64 Å². The third-order valence-corrected chi connectivity index (χ3v) is 8.53. The van der Waals surface area contributed by atoms with E-state index in [2.05, 4.69) is 0 Å². The van der Waals surface area contributed by atoms with E-state index in [0.717, 1.165) is 5.56 Å². The standard InChI is InChI=1S/C35H25NO5/c1-21(37)41-27-18-10-15-23-19-20-28-35(33(39)25-16-8-9-17-26(25)34(35)40)29(22-11-4-2-5-12-22)31(36(28)30(23)27)32(38)24-13-6-3-7-14-24/h2-20,28-29,31H,1H3/t28-,29-,31+/m0/s1. The molecule has 1 aliphatic carbocycles. The van der Waals surface area contributed by atoms with Gasteiger partial charge in [0.25, 0.3) is 0 Å². The molecule has 0 unspecified atom stereocenters. The van der Waals surface area contributed by atoms with Crippen molar-refractivity contribution in [3.05, 3.63) is 137 Å². The molecule has 2 aliphatic heterocycles. The summed E-state index contributed by atoms with van der Waals surface area (Å²) in [6.07, 6.45) is 3.71. The molecule has 4 aromatic rings. The van der Waals surface area contributed by atoms with E-state index in [9.17, 15) is 19.2 Å². The van der Waals surface area contributed by atoms with E-state index in [1.165, 1.54) is 6.92 Å². The Balaban J connectivity index is 1.57. The molecule has 1 spiro atoms. The fraction of sp³-hybridized carbons (Fsp3) is 0.143. The Kier molecular flexibility index (Phi) is 5.61. The molecule has 6 heteroatoms. The maximum Gasteiger partial charge on any atom is 0.308 e. The molecule has 0 saturated carbocycles. The first-order valence-electron chi connectivity index (χ1n) is 13.6. The molecule has 0 amide bonds. The van der Waals surface area contributed by atoms with Crippen molar-refractivity contribution in [2.45, 2.75) is 24.9 Å². The molecular formula is C35H25NO5. The lowest BCUT2D eigenvalue weighted by molar-refractivity contribution is -0.131. The molecule has 6 nitrogen and oxygen atoms in total. The minimum absolute atomic E-state index is 0.225. The van der Waals surface area contributed by atoms with Crippen molar-refractivity contribution in [3.8, 4) is 5.75 Å². The summed E-state index contributed by atoms with van der Waals surface area (Å²) in [7, 11) is 0. The molecule has 0 aromatic heterocycles. The van der Waals surface area contributed by atoms with Crippen LogP contribution in [0.2, 0.25) is 0 Å². The number of nitrogens with zero attached hydrogens (tertiary/aromatic N) is 1. The first-order chi connectivity index (χ1) is 19.9. The van der Waals surface area contributed by atoms with Crippen LogP contribution in [-0.2, 0) is 4.79 Å². The van der Waals surface area contributed by atoms with Crippen molar-refractivity contribution in [1.82, 2.24) is 0 Å². The van der Waals surface area contributed by atoms with Crippen molar-refractivity contribution < 1.29 is 23.9 Å². The largest absolute Gasteiger partial charge is 0.424 e. The van der Waals surface area contributed by atoms with Crippen LogP contribution in [0.5, 0.6) is 5.75 Å². The van der Waals surface area contributed by atoms with Gasteiger partial charge in [-0.3, -0.25) is 19.2 Å². The van der Waals surface area contributed by atoms with Crippen LogP contribution in [-0.4, -0.2) is 35.4 Å². The summed E-state index contributed by atoms with van der Waals surface area (Å²) in [6, 6.07) is 28.7. The maximum atomic E-state index is 14.7. The highest BCUT2D eigenvalue weighted by Gasteiger charge is 2.71. The van der Waals surface area contributed by atoms with Gasteiger partial charge in [0.05, 0.1) is 11.7 Å². The van der Waals surface area contributed by atoms with Gasteiger partial charge in [0, 0.05) is 35.1 Å². The first-order valence-corrected chi connectivity index (χ1v) is 13.6. The smallest absolute Gasteiger partial charge is 0.308 e. The van der Waals surface area contributed by atoms with Gasteiger partial charge in [0.15, 0.2) is 23.1 Å². The Morgan fingerprint density at radius 3 is 2.00 bits per heavy atom. The number of Topliss-reactive ketones (excluding diaryl/α,β-unsaturated/α-hetero) is 3. The van der Waals surface area contributed by atoms with Crippen LogP contribution in [0.3, 0.4) is 0 Å². The van der Waals surface area contributed by atoms with Crippen molar-refractivity contribution in [2.75, 3.05) is 4.90 Å². The highest BCUT2D eigenvalue weighted by atomic mass is 16.5. The van der Waals surface area contributed by atoms with Crippen molar-refractivity contribution >= 4 is 35.1 Å². The molecule has 0 N–H and O–H groups in total. The van der Waals surface area contributed by atoms with E-state index in [4.69, 9.17) is 4.74 Å². The molecule has 0 radical (unpaired) electrons. The summed E-state index contributed by atoms with van der Waals surface area (Å²) >= 11 is 0. The minimum Gasteiger partial charge on any atom is -0.424 e. The van der Waals surface area contributed by atoms with Crippen LogP contribution < -0.4 is 9.64 Å². The summed E-state index contributed by atoms with van der Waals surface area (Å²) in [4.78, 5) is 58.0. The number of rotatable bonds is 4. The van der Waals surface area contributed by atoms with Gasteiger partial charge in [-0.25, -0.2) is 0 Å². The van der Waals surface area contributed by atoms with Crippen LogP contribution in [0.15, 0.2) is 109 Å². The molecule has 7 rings (SSSR count). The Labute approximate surface area is 236 Å². The Hall–Kier alpha value is -5.10. The van der Waals surface area contributed by atoms with Gasteiger partial charge in [-0.15, -0.1) is 0 Å². The third-order valence-electron chi connectivity index (χ3n) is 8.53. The number of anilines is 1. The van der Waals surface area contributed by atoms with E-state index in [-0.39, 0.29) is 23.1 Å². The van der Waals surface area contributed by atoms with E-state index >= 15 is 0 Å². The number of benzene rings is 4. The van der Waals surface area contributed by atoms with E-state index in [1.54, 1.807) is 60.7 Å². The molecule has 200 valence electrons. The Bertz CT molecular complexity index is 1740. The number of fused-ring (bicyclic) bond motifs is 5. The van der Waals surface area contributed by atoms with E-state index in [1.807, 2.05) is 59.5 Å². The Morgan fingerprint density at radius 2 is 1.37 bits per heavy atom. The number of hydrogen-bond acceptors (Lipinski definition) is 6. The van der Waals surface area contributed by atoms with Crippen LogP contribution in [0.1, 0.15) is 55.0 Å². The third kappa shape index (κ3) is 3.43. The highest BCUT2D eigenvalue weighted by molar-refractivity contribution is 6.32. The molecule has 1 fully saturated rings. The maximum absolute atomic E-state index is 14.7. The average molecular weight is 540 g/mol. The molecule has 4 aromatic carbocycles. The highest BCUT2D eigenvalue weighted by Crippen LogP contribution is 2.62. The number of ether oxygens (including phenoxy) is 1. The van der Waals surface area contributed by atoms with Gasteiger partial charge in [-0.2, -0.15) is 0 Å². The second-order valence-corrected chi connectivity index (χ2v) is 10.6. The van der Waals surface area contributed by atoms with E-state index in [0.29, 0.717) is 27.9 Å².